The second kappa shape index (κ2) is 5.35. The maximum Gasteiger partial charge on any atom is 0.292 e. The number of pyridine rings is 1. The van der Waals surface area contributed by atoms with Crippen molar-refractivity contribution in [1.29, 1.82) is 0 Å². The highest BCUT2D eigenvalue weighted by atomic mass is 16.6. The Morgan fingerprint density at radius 3 is 2.79 bits per heavy atom. The van der Waals surface area contributed by atoms with E-state index < -0.39 is 30.4 Å². The van der Waals surface area contributed by atoms with Crippen molar-refractivity contribution in [2.24, 2.45) is 5.73 Å². The molecule has 4 atom stereocenters. The summed E-state index contributed by atoms with van der Waals surface area (Å²) >= 11 is 0. The van der Waals surface area contributed by atoms with Crippen molar-refractivity contribution in [1.82, 2.24) is 0 Å². The minimum atomic E-state index is -1.19. The number of ether oxygens (including phenoxy) is 1. The van der Waals surface area contributed by atoms with Crippen molar-refractivity contribution in [2.75, 3.05) is 0 Å². The van der Waals surface area contributed by atoms with Crippen LogP contribution in [0.1, 0.15) is 16.6 Å². The van der Waals surface area contributed by atoms with Gasteiger partial charge in [0.05, 0.1) is 6.26 Å². The molecule has 7 heteroatoms. The highest BCUT2D eigenvalue weighted by Crippen LogP contribution is 2.26. The number of aliphatic hydroxyl groups excluding tert-OH is 3. The molecule has 1 aromatic heterocycles. The van der Waals surface area contributed by atoms with Crippen LogP contribution in [-0.4, -0.2) is 39.5 Å². The van der Waals surface area contributed by atoms with Crippen molar-refractivity contribution in [2.45, 2.75) is 24.5 Å². The summed E-state index contributed by atoms with van der Waals surface area (Å²) in [4.78, 5) is 11.1. The lowest BCUT2D eigenvalue weighted by Gasteiger charge is -2.09. The van der Waals surface area contributed by atoms with Gasteiger partial charge in [-0.15, -0.1) is 0 Å². The first kappa shape index (κ1) is 13.5. The zero-order valence-corrected chi connectivity index (χ0v) is 9.96. The van der Waals surface area contributed by atoms with Gasteiger partial charge >= 0.3 is 0 Å². The molecule has 19 heavy (non-hydrogen) atoms. The van der Waals surface area contributed by atoms with Crippen LogP contribution in [0.5, 0.6) is 0 Å². The Kier molecular flexibility index (Phi) is 3.79. The van der Waals surface area contributed by atoms with Crippen LogP contribution in [0.25, 0.3) is 0 Å². The van der Waals surface area contributed by atoms with Crippen molar-refractivity contribution < 1.29 is 29.4 Å². The molecular formula is C12H15N2O5+. The standard InChI is InChI=1S/C12H14N2O5/c13-11(18)7-2-1-4-14(6-7)12-10(17)9(16)8(19-12)3-5-15/h1-6,8-10,12,16-17H,(H2-,13,15,18)/p+1/b5-3-/t8-,9-,10-,12-/m1/s1. The topological polar surface area (TPSA) is 117 Å². The first-order valence-electron chi connectivity index (χ1n) is 5.67. The molecule has 2 heterocycles. The Labute approximate surface area is 109 Å². The summed E-state index contributed by atoms with van der Waals surface area (Å²) in [5.41, 5.74) is 5.43. The molecule has 1 aliphatic heterocycles. The molecule has 1 saturated heterocycles. The van der Waals surface area contributed by atoms with Gasteiger partial charge in [-0.3, -0.25) is 4.79 Å². The Balaban J connectivity index is 2.27. The normalized spacial score (nSPS) is 30.8. The molecule has 1 aromatic rings. The van der Waals surface area contributed by atoms with Crippen LogP contribution < -0.4 is 10.3 Å². The number of nitrogens with two attached hydrogens (primary N) is 1. The van der Waals surface area contributed by atoms with Gasteiger partial charge in [0.25, 0.3) is 12.1 Å². The van der Waals surface area contributed by atoms with E-state index >= 15 is 0 Å². The van der Waals surface area contributed by atoms with Gasteiger partial charge in [-0.2, -0.15) is 4.57 Å². The van der Waals surface area contributed by atoms with Crippen molar-refractivity contribution >= 4 is 5.91 Å². The van der Waals surface area contributed by atoms with E-state index in [1.165, 1.54) is 22.9 Å². The number of hydrogen-bond acceptors (Lipinski definition) is 5. The third kappa shape index (κ3) is 2.58. The highest BCUT2D eigenvalue weighted by Gasteiger charge is 2.47. The lowest BCUT2D eigenvalue weighted by Crippen LogP contribution is -2.46. The van der Waals surface area contributed by atoms with Gasteiger partial charge in [0.15, 0.2) is 18.5 Å². The summed E-state index contributed by atoms with van der Waals surface area (Å²) in [5, 5.41) is 28.3. The number of aliphatic hydroxyl groups is 3. The fourth-order valence-electron chi connectivity index (χ4n) is 1.97. The van der Waals surface area contributed by atoms with Gasteiger partial charge < -0.3 is 25.8 Å². The molecule has 0 unspecified atom stereocenters. The molecular weight excluding hydrogens is 252 g/mol. The number of rotatable bonds is 3. The summed E-state index contributed by atoms with van der Waals surface area (Å²) in [6.45, 7) is 0. The number of primary amides is 1. The summed E-state index contributed by atoms with van der Waals surface area (Å²) in [6.07, 6.45) is 0.934. The molecule has 0 spiro atoms. The van der Waals surface area contributed by atoms with E-state index in [4.69, 9.17) is 15.6 Å². The van der Waals surface area contributed by atoms with E-state index in [1.54, 1.807) is 12.3 Å². The second-order valence-electron chi connectivity index (χ2n) is 4.22. The molecule has 5 N–H and O–H groups in total. The van der Waals surface area contributed by atoms with E-state index in [-0.39, 0.29) is 5.56 Å². The first-order chi connectivity index (χ1) is 9.04. The van der Waals surface area contributed by atoms with E-state index in [0.717, 1.165) is 6.26 Å². The first-order valence-corrected chi connectivity index (χ1v) is 5.67. The lowest BCUT2D eigenvalue weighted by atomic mass is 10.1. The van der Waals surface area contributed by atoms with Crippen LogP contribution in [-0.2, 0) is 4.74 Å². The van der Waals surface area contributed by atoms with Gasteiger partial charge in [0, 0.05) is 6.07 Å². The number of nitrogens with zero attached hydrogens (tertiary/aromatic N) is 1. The van der Waals surface area contributed by atoms with Crippen LogP contribution in [0.4, 0.5) is 0 Å². The highest BCUT2D eigenvalue weighted by molar-refractivity contribution is 5.92. The van der Waals surface area contributed by atoms with E-state index in [9.17, 15) is 15.0 Å². The molecule has 0 bridgehead atoms. The van der Waals surface area contributed by atoms with E-state index in [0.29, 0.717) is 0 Å². The minimum Gasteiger partial charge on any atom is -0.516 e. The summed E-state index contributed by atoms with van der Waals surface area (Å²) in [7, 11) is 0. The quantitative estimate of drug-likeness (QED) is 0.404. The zero-order valence-electron chi connectivity index (χ0n) is 9.96. The molecule has 2 rings (SSSR count). The summed E-state index contributed by atoms with van der Waals surface area (Å²) < 4.78 is 6.85. The van der Waals surface area contributed by atoms with Gasteiger partial charge in [0.1, 0.15) is 17.8 Å². The predicted molar refractivity (Wildman–Crippen MR) is 62.8 cm³/mol. The third-order valence-corrected chi connectivity index (χ3v) is 2.95. The van der Waals surface area contributed by atoms with Crippen molar-refractivity contribution in [3.05, 3.63) is 42.4 Å². The second-order valence-corrected chi connectivity index (χ2v) is 4.22. The molecule has 0 aromatic carbocycles. The Bertz CT molecular complexity index is 505. The molecule has 1 fully saturated rings. The molecule has 1 amide bonds. The van der Waals surface area contributed by atoms with E-state index in [1.807, 2.05) is 0 Å². The lowest BCUT2D eigenvalue weighted by molar-refractivity contribution is -0.765. The number of carbonyl (C=O) groups excluding carboxylic acids is 1. The molecule has 102 valence electrons. The van der Waals surface area contributed by atoms with Crippen LogP contribution >= 0.6 is 0 Å². The van der Waals surface area contributed by atoms with Gasteiger partial charge in [0.2, 0.25) is 0 Å². The van der Waals surface area contributed by atoms with Crippen LogP contribution in [0, 0.1) is 0 Å². The van der Waals surface area contributed by atoms with Gasteiger partial charge in [-0.1, -0.05) is 0 Å². The van der Waals surface area contributed by atoms with Crippen LogP contribution in [0.15, 0.2) is 36.9 Å². The molecule has 0 saturated carbocycles. The zero-order chi connectivity index (χ0) is 14.0. The van der Waals surface area contributed by atoms with Crippen molar-refractivity contribution in [3.8, 4) is 0 Å². The minimum absolute atomic E-state index is 0.258. The van der Waals surface area contributed by atoms with Crippen molar-refractivity contribution in [3.63, 3.8) is 0 Å². The van der Waals surface area contributed by atoms with Gasteiger partial charge in [-0.05, 0) is 12.1 Å². The Hall–Kier alpha value is -1.96. The third-order valence-electron chi connectivity index (χ3n) is 2.95. The monoisotopic (exact) mass is 267 g/mol. The number of aromatic nitrogens is 1. The maximum atomic E-state index is 11.1. The summed E-state index contributed by atoms with van der Waals surface area (Å²) in [6, 6.07) is 3.11. The molecule has 1 aliphatic rings. The average Bonchev–Trinajstić information content (AvgIpc) is 2.68. The average molecular weight is 267 g/mol. The predicted octanol–water partition coefficient (Wildman–Crippen LogP) is -1.24. The molecule has 7 nitrogen and oxygen atoms in total. The fourth-order valence-corrected chi connectivity index (χ4v) is 1.97. The SMILES string of the molecule is NC(=O)c1ccc[n+]([C@@H]2O[C@H](/C=C\O)[C@@H](O)[C@H]2O)c1. The largest absolute Gasteiger partial charge is 0.516 e. The van der Waals surface area contributed by atoms with Gasteiger partial charge in [-0.25, -0.2) is 0 Å². The van der Waals surface area contributed by atoms with Crippen LogP contribution in [0.2, 0.25) is 0 Å². The molecule has 0 radical (unpaired) electrons. The Morgan fingerprint density at radius 1 is 1.42 bits per heavy atom. The fraction of sp³-hybridized carbons (Fsp3) is 0.333. The molecule has 0 aliphatic carbocycles. The van der Waals surface area contributed by atoms with E-state index in [2.05, 4.69) is 0 Å². The van der Waals surface area contributed by atoms with Crippen LogP contribution in [0.3, 0.4) is 0 Å². The number of carbonyl (C=O) groups is 1. The smallest absolute Gasteiger partial charge is 0.292 e. The Morgan fingerprint density at radius 2 is 2.16 bits per heavy atom. The number of amides is 1. The summed E-state index contributed by atoms with van der Waals surface area (Å²) in [5.74, 6) is -0.603. The number of hydrogen-bond donors (Lipinski definition) is 4. The maximum absolute atomic E-state index is 11.1.